The molecular weight excluding hydrogens is 366 g/mol. The smallest absolute Gasteiger partial charge is 0.223 e. The molecule has 2 aliphatic rings. The van der Waals surface area contributed by atoms with Crippen LogP contribution in [0, 0.1) is 0 Å². The minimum Gasteiger partial charge on any atom is -0.377 e. The SMILES string of the molecule is CC(=O)N1C=Cc2ccccc2C1CC(=O)NC1CCN(CCOC(C)C)CC1. The zero-order valence-electron chi connectivity index (χ0n) is 17.8. The molecule has 1 saturated heterocycles. The molecule has 1 aromatic carbocycles. The van der Waals surface area contributed by atoms with Crippen LogP contribution in [0.2, 0.25) is 0 Å². The van der Waals surface area contributed by atoms with Crippen LogP contribution in [0.4, 0.5) is 0 Å². The zero-order valence-corrected chi connectivity index (χ0v) is 17.8. The van der Waals surface area contributed by atoms with Crippen LogP contribution in [-0.2, 0) is 14.3 Å². The molecule has 0 bridgehead atoms. The second kappa shape index (κ2) is 10.0. The van der Waals surface area contributed by atoms with Crippen molar-refractivity contribution in [3.63, 3.8) is 0 Å². The molecule has 29 heavy (non-hydrogen) atoms. The lowest BCUT2D eigenvalue weighted by atomic mass is 9.93. The molecule has 2 aliphatic heterocycles. The first kappa shape index (κ1) is 21.5. The summed E-state index contributed by atoms with van der Waals surface area (Å²) in [6.07, 6.45) is 6.17. The van der Waals surface area contributed by atoms with Crippen LogP contribution in [0.1, 0.15) is 57.2 Å². The summed E-state index contributed by atoms with van der Waals surface area (Å²) in [6.45, 7) is 9.29. The molecule has 2 amide bonds. The van der Waals surface area contributed by atoms with Crippen LogP contribution in [0.15, 0.2) is 30.5 Å². The summed E-state index contributed by atoms with van der Waals surface area (Å²) in [5.41, 5.74) is 2.10. The van der Waals surface area contributed by atoms with Gasteiger partial charge < -0.3 is 19.9 Å². The van der Waals surface area contributed by atoms with E-state index in [1.807, 2.05) is 30.3 Å². The highest BCUT2D eigenvalue weighted by molar-refractivity contribution is 5.82. The monoisotopic (exact) mass is 399 g/mol. The Morgan fingerprint density at radius 2 is 1.93 bits per heavy atom. The van der Waals surface area contributed by atoms with Crippen molar-refractivity contribution in [1.82, 2.24) is 15.1 Å². The number of piperidine rings is 1. The standard InChI is InChI=1S/C23H33N3O3/c1-17(2)29-15-14-25-11-9-20(10-12-25)24-23(28)16-22-21-7-5-4-6-19(21)8-13-26(22)18(3)27/h4-8,13,17,20,22H,9-12,14-16H2,1-3H3,(H,24,28). The molecule has 158 valence electrons. The second-order valence-electron chi connectivity index (χ2n) is 8.19. The van der Waals surface area contributed by atoms with Crippen LogP contribution in [0.25, 0.3) is 6.08 Å². The average molecular weight is 400 g/mol. The minimum absolute atomic E-state index is 0.00736. The van der Waals surface area contributed by atoms with Crippen molar-refractivity contribution in [2.45, 2.75) is 58.2 Å². The Morgan fingerprint density at radius 3 is 2.62 bits per heavy atom. The van der Waals surface area contributed by atoms with Crippen molar-refractivity contribution >= 4 is 17.9 Å². The van der Waals surface area contributed by atoms with Crippen LogP contribution < -0.4 is 5.32 Å². The van der Waals surface area contributed by atoms with Crippen LogP contribution >= 0.6 is 0 Å². The average Bonchev–Trinajstić information content (AvgIpc) is 2.69. The van der Waals surface area contributed by atoms with Gasteiger partial charge in [-0.15, -0.1) is 0 Å². The molecule has 0 spiro atoms. The number of hydrogen-bond acceptors (Lipinski definition) is 4. The topological polar surface area (TPSA) is 61.9 Å². The summed E-state index contributed by atoms with van der Waals surface area (Å²) in [7, 11) is 0. The van der Waals surface area contributed by atoms with Crippen molar-refractivity contribution in [2.24, 2.45) is 0 Å². The molecule has 1 N–H and O–H groups in total. The molecule has 1 fully saturated rings. The fourth-order valence-electron chi connectivity index (χ4n) is 4.09. The lowest BCUT2D eigenvalue weighted by Crippen LogP contribution is -2.46. The number of nitrogens with one attached hydrogen (secondary N) is 1. The molecule has 2 heterocycles. The van der Waals surface area contributed by atoms with E-state index in [1.54, 1.807) is 18.0 Å². The lowest BCUT2D eigenvalue weighted by molar-refractivity contribution is -0.130. The molecule has 0 aromatic heterocycles. The molecule has 6 nitrogen and oxygen atoms in total. The largest absolute Gasteiger partial charge is 0.377 e. The first-order valence-corrected chi connectivity index (χ1v) is 10.6. The quantitative estimate of drug-likeness (QED) is 0.766. The normalized spacial score (nSPS) is 20.0. The fourth-order valence-corrected chi connectivity index (χ4v) is 4.09. The van der Waals surface area contributed by atoms with Gasteiger partial charge in [-0.05, 0) is 43.9 Å². The van der Waals surface area contributed by atoms with E-state index in [1.165, 1.54) is 0 Å². The van der Waals surface area contributed by atoms with E-state index in [0.29, 0.717) is 0 Å². The zero-order chi connectivity index (χ0) is 20.8. The third-order valence-electron chi connectivity index (χ3n) is 5.66. The number of amides is 2. The number of carbonyl (C=O) groups excluding carboxylic acids is 2. The summed E-state index contributed by atoms with van der Waals surface area (Å²) in [5.74, 6) is -0.0431. The van der Waals surface area contributed by atoms with Gasteiger partial charge in [0, 0.05) is 38.8 Å². The number of fused-ring (bicyclic) bond motifs is 1. The Labute approximate surface area is 173 Å². The molecule has 0 saturated carbocycles. The summed E-state index contributed by atoms with van der Waals surface area (Å²) >= 11 is 0. The Hall–Kier alpha value is -2.18. The summed E-state index contributed by atoms with van der Waals surface area (Å²) in [6, 6.07) is 7.91. The summed E-state index contributed by atoms with van der Waals surface area (Å²) in [4.78, 5) is 28.9. The van der Waals surface area contributed by atoms with Crippen LogP contribution in [0.5, 0.6) is 0 Å². The van der Waals surface area contributed by atoms with Crippen LogP contribution in [0.3, 0.4) is 0 Å². The van der Waals surface area contributed by atoms with Gasteiger partial charge in [-0.1, -0.05) is 24.3 Å². The second-order valence-corrected chi connectivity index (χ2v) is 8.19. The number of rotatable bonds is 7. The van der Waals surface area contributed by atoms with Gasteiger partial charge in [0.1, 0.15) is 0 Å². The van der Waals surface area contributed by atoms with Gasteiger partial charge in [0.2, 0.25) is 11.8 Å². The summed E-state index contributed by atoms with van der Waals surface area (Å²) in [5, 5.41) is 3.19. The molecule has 1 atom stereocenters. The molecule has 0 aliphatic carbocycles. The molecule has 6 heteroatoms. The maximum atomic E-state index is 12.8. The number of likely N-dealkylation sites (tertiary alicyclic amines) is 1. The number of ether oxygens (including phenoxy) is 1. The van der Waals surface area contributed by atoms with E-state index in [4.69, 9.17) is 4.74 Å². The highest BCUT2D eigenvalue weighted by Gasteiger charge is 2.29. The van der Waals surface area contributed by atoms with Crippen molar-refractivity contribution < 1.29 is 14.3 Å². The maximum absolute atomic E-state index is 12.8. The third kappa shape index (κ3) is 5.90. The van der Waals surface area contributed by atoms with E-state index in [-0.39, 0.29) is 36.4 Å². The van der Waals surface area contributed by atoms with E-state index in [2.05, 4.69) is 24.1 Å². The van der Waals surface area contributed by atoms with Gasteiger partial charge >= 0.3 is 0 Å². The fraction of sp³-hybridized carbons (Fsp3) is 0.565. The van der Waals surface area contributed by atoms with E-state index >= 15 is 0 Å². The number of nitrogens with zero attached hydrogens (tertiary/aromatic N) is 2. The number of carbonyl (C=O) groups is 2. The number of hydrogen-bond donors (Lipinski definition) is 1. The van der Waals surface area contributed by atoms with Crippen molar-refractivity contribution in [2.75, 3.05) is 26.2 Å². The Morgan fingerprint density at radius 1 is 1.21 bits per heavy atom. The van der Waals surface area contributed by atoms with Gasteiger partial charge in [-0.25, -0.2) is 0 Å². The van der Waals surface area contributed by atoms with Gasteiger partial charge in [-0.2, -0.15) is 0 Å². The third-order valence-corrected chi connectivity index (χ3v) is 5.66. The van der Waals surface area contributed by atoms with Gasteiger partial charge in [0.15, 0.2) is 0 Å². The van der Waals surface area contributed by atoms with Gasteiger partial charge in [0.05, 0.1) is 25.2 Å². The lowest BCUT2D eigenvalue weighted by Gasteiger charge is -2.34. The molecule has 1 aromatic rings. The Kier molecular flexibility index (Phi) is 7.45. The van der Waals surface area contributed by atoms with Crippen LogP contribution in [-0.4, -0.2) is 60.0 Å². The first-order valence-electron chi connectivity index (χ1n) is 10.6. The molecule has 0 radical (unpaired) electrons. The highest BCUT2D eigenvalue weighted by Crippen LogP contribution is 2.32. The molecule has 1 unspecified atom stereocenters. The maximum Gasteiger partial charge on any atom is 0.223 e. The van der Waals surface area contributed by atoms with E-state index in [9.17, 15) is 9.59 Å². The molecular formula is C23H33N3O3. The van der Waals surface area contributed by atoms with Crippen molar-refractivity contribution in [1.29, 1.82) is 0 Å². The number of benzene rings is 1. The minimum atomic E-state index is -0.248. The Bertz CT molecular complexity index is 739. The predicted octanol–water partition coefficient (Wildman–Crippen LogP) is 2.96. The Balaban J connectivity index is 1.51. The first-order chi connectivity index (χ1) is 13.9. The van der Waals surface area contributed by atoms with Crippen molar-refractivity contribution in [3.05, 3.63) is 41.6 Å². The predicted molar refractivity (Wildman–Crippen MR) is 114 cm³/mol. The van der Waals surface area contributed by atoms with Gasteiger partial charge in [-0.3, -0.25) is 9.59 Å². The van der Waals surface area contributed by atoms with Crippen molar-refractivity contribution in [3.8, 4) is 0 Å². The van der Waals surface area contributed by atoms with E-state index < -0.39 is 0 Å². The molecule has 3 rings (SSSR count). The summed E-state index contributed by atoms with van der Waals surface area (Å²) < 4.78 is 5.63. The van der Waals surface area contributed by atoms with Gasteiger partial charge in [0.25, 0.3) is 0 Å². The highest BCUT2D eigenvalue weighted by atomic mass is 16.5. The van der Waals surface area contributed by atoms with E-state index in [0.717, 1.165) is 50.2 Å².